The molecule has 7 heteroatoms. The minimum atomic E-state index is -3.59. The van der Waals surface area contributed by atoms with Crippen LogP contribution in [0.15, 0.2) is 48.5 Å². The third kappa shape index (κ3) is 3.99. The standard InChI is InChI=1S/C19H22N2O4S/c1-14-7-3-5-9-17(14)21(26(2,23)24)13-19(22)20-16-11-12-25-18-10-6-4-8-15(16)18/h3-10,16H,11-13H2,1-2H3,(H,20,22). The Labute approximate surface area is 153 Å². The van der Waals surface area contributed by atoms with Gasteiger partial charge in [-0.25, -0.2) is 8.42 Å². The Kier molecular flexibility index (Phi) is 5.18. The first-order chi connectivity index (χ1) is 12.4. The van der Waals surface area contributed by atoms with Gasteiger partial charge in [-0.1, -0.05) is 36.4 Å². The van der Waals surface area contributed by atoms with Crippen molar-refractivity contribution in [1.29, 1.82) is 0 Å². The van der Waals surface area contributed by atoms with Gasteiger partial charge in [-0.3, -0.25) is 9.10 Å². The van der Waals surface area contributed by atoms with E-state index in [1.54, 1.807) is 12.1 Å². The summed E-state index contributed by atoms with van der Waals surface area (Å²) in [5.41, 5.74) is 2.22. The molecule has 26 heavy (non-hydrogen) atoms. The van der Waals surface area contributed by atoms with E-state index >= 15 is 0 Å². The lowest BCUT2D eigenvalue weighted by molar-refractivity contribution is -0.120. The molecule has 2 aromatic carbocycles. The Balaban J connectivity index is 1.79. The van der Waals surface area contributed by atoms with Crippen LogP contribution >= 0.6 is 0 Å². The summed E-state index contributed by atoms with van der Waals surface area (Å²) >= 11 is 0. The lowest BCUT2D eigenvalue weighted by Crippen LogP contribution is -2.42. The third-order valence-corrected chi connectivity index (χ3v) is 5.49. The molecule has 0 fully saturated rings. The SMILES string of the molecule is Cc1ccccc1N(CC(=O)NC1CCOc2ccccc21)S(C)(=O)=O. The molecular weight excluding hydrogens is 352 g/mol. The number of anilines is 1. The summed E-state index contributed by atoms with van der Waals surface area (Å²) in [5, 5.41) is 2.94. The first kappa shape index (κ1) is 18.3. The average molecular weight is 374 g/mol. The van der Waals surface area contributed by atoms with E-state index in [1.165, 1.54) is 0 Å². The first-order valence-electron chi connectivity index (χ1n) is 8.40. The van der Waals surface area contributed by atoms with E-state index in [-0.39, 0.29) is 18.5 Å². The Morgan fingerprint density at radius 1 is 1.19 bits per heavy atom. The van der Waals surface area contributed by atoms with Gasteiger partial charge in [-0.15, -0.1) is 0 Å². The molecule has 6 nitrogen and oxygen atoms in total. The molecule has 138 valence electrons. The van der Waals surface area contributed by atoms with Crippen LogP contribution in [0.4, 0.5) is 5.69 Å². The van der Waals surface area contributed by atoms with Gasteiger partial charge in [-0.2, -0.15) is 0 Å². The zero-order valence-electron chi connectivity index (χ0n) is 14.8. The molecule has 0 saturated heterocycles. The van der Waals surface area contributed by atoms with Crippen molar-refractivity contribution in [2.45, 2.75) is 19.4 Å². The molecule has 0 bridgehead atoms. The van der Waals surface area contributed by atoms with Gasteiger partial charge in [0, 0.05) is 12.0 Å². The summed E-state index contributed by atoms with van der Waals surface area (Å²) < 4.78 is 31.2. The van der Waals surface area contributed by atoms with Crippen LogP contribution in [-0.4, -0.2) is 33.7 Å². The quantitative estimate of drug-likeness (QED) is 0.872. The molecule has 1 amide bonds. The zero-order valence-corrected chi connectivity index (χ0v) is 15.6. The van der Waals surface area contributed by atoms with Crippen LogP contribution in [-0.2, 0) is 14.8 Å². The normalized spacial score (nSPS) is 16.3. The van der Waals surface area contributed by atoms with E-state index < -0.39 is 10.0 Å². The van der Waals surface area contributed by atoms with Crippen LogP contribution in [0.3, 0.4) is 0 Å². The molecule has 1 aliphatic heterocycles. The number of nitrogens with zero attached hydrogens (tertiary/aromatic N) is 1. The average Bonchev–Trinajstić information content (AvgIpc) is 2.60. The fourth-order valence-electron chi connectivity index (χ4n) is 3.09. The number of rotatable bonds is 5. The lowest BCUT2D eigenvalue weighted by atomic mass is 10.0. The Hall–Kier alpha value is -2.54. The molecule has 1 heterocycles. The largest absolute Gasteiger partial charge is 0.493 e. The van der Waals surface area contributed by atoms with Crippen molar-refractivity contribution in [3.8, 4) is 5.75 Å². The molecule has 1 atom stereocenters. The number of aryl methyl sites for hydroxylation is 1. The maximum atomic E-state index is 12.6. The van der Waals surface area contributed by atoms with Gasteiger partial charge in [-0.05, 0) is 24.6 Å². The fourth-order valence-corrected chi connectivity index (χ4v) is 4.00. The van der Waals surface area contributed by atoms with Gasteiger partial charge in [0.25, 0.3) is 0 Å². The highest BCUT2D eigenvalue weighted by Gasteiger charge is 2.26. The Bertz CT molecular complexity index is 911. The second-order valence-electron chi connectivity index (χ2n) is 6.35. The van der Waals surface area contributed by atoms with Gasteiger partial charge in [0.1, 0.15) is 12.3 Å². The van der Waals surface area contributed by atoms with Crippen molar-refractivity contribution in [3.05, 3.63) is 59.7 Å². The van der Waals surface area contributed by atoms with E-state index in [9.17, 15) is 13.2 Å². The highest BCUT2D eigenvalue weighted by Crippen LogP contribution is 2.31. The summed E-state index contributed by atoms with van der Waals surface area (Å²) in [5.74, 6) is 0.406. The maximum Gasteiger partial charge on any atom is 0.241 e. The summed E-state index contributed by atoms with van der Waals surface area (Å²) in [6.45, 7) is 2.07. The molecule has 0 aromatic heterocycles. The van der Waals surface area contributed by atoms with Gasteiger partial charge in [0.2, 0.25) is 15.9 Å². The van der Waals surface area contributed by atoms with Gasteiger partial charge in [0.05, 0.1) is 24.6 Å². The first-order valence-corrected chi connectivity index (χ1v) is 10.3. The van der Waals surface area contributed by atoms with Crippen molar-refractivity contribution in [3.63, 3.8) is 0 Å². The molecule has 2 aromatic rings. The van der Waals surface area contributed by atoms with E-state index in [0.717, 1.165) is 27.4 Å². The predicted octanol–water partition coefficient (Wildman–Crippen LogP) is 2.40. The Morgan fingerprint density at radius 3 is 2.62 bits per heavy atom. The molecule has 0 spiro atoms. The summed E-state index contributed by atoms with van der Waals surface area (Å²) in [6.07, 6.45) is 1.75. The number of hydrogen-bond donors (Lipinski definition) is 1. The van der Waals surface area contributed by atoms with Crippen LogP contribution in [0.25, 0.3) is 0 Å². The predicted molar refractivity (Wildman–Crippen MR) is 101 cm³/mol. The summed E-state index contributed by atoms with van der Waals surface area (Å²) in [6, 6.07) is 14.5. The van der Waals surface area contributed by atoms with Crippen molar-refractivity contribution in [1.82, 2.24) is 5.32 Å². The molecule has 1 unspecified atom stereocenters. The van der Waals surface area contributed by atoms with Crippen molar-refractivity contribution >= 4 is 21.6 Å². The maximum absolute atomic E-state index is 12.6. The Morgan fingerprint density at radius 2 is 1.88 bits per heavy atom. The number of fused-ring (bicyclic) bond motifs is 1. The number of carbonyl (C=O) groups is 1. The van der Waals surface area contributed by atoms with Gasteiger partial charge in [0.15, 0.2) is 0 Å². The highest BCUT2D eigenvalue weighted by molar-refractivity contribution is 7.92. The minimum Gasteiger partial charge on any atom is -0.493 e. The van der Waals surface area contributed by atoms with E-state index in [4.69, 9.17) is 4.74 Å². The van der Waals surface area contributed by atoms with Gasteiger partial charge >= 0.3 is 0 Å². The lowest BCUT2D eigenvalue weighted by Gasteiger charge is -2.28. The minimum absolute atomic E-state index is 0.189. The smallest absolute Gasteiger partial charge is 0.241 e. The van der Waals surface area contributed by atoms with Crippen molar-refractivity contribution in [2.24, 2.45) is 0 Å². The number of hydrogen-bond acceptors (Lipinski definition) is 4. The molecule has 1 aliphatic rings. The van der Waals surface area contributed by atoms with E-state index in [0.29, 0.717) is 18.7 Å². The number of amides is 1. The van der Waals surface area contributed by atoms with Crippen LogP contribution in [0.1, 0.15) is 23.6 Å². The fraction of sp³-hybridized carbons (Fsp3) is 0.316. The third-order valence-electron chi connectivity index (χ3n) is 4.37. The number of nitrogens with one attached hydrogen (secondary N) is 1. The number of benzene rings is 2. The number of ether oxygens (including phenoxy) is 1. The molecule has 0 saturated carbocycles. The molecular formula is C19H22N2O4S. The van der Waals surface area contributed by atoms with Crippen LogP contribution in [0.2, 0.25) is 0 Å². The number of carbonyl (C=O) groups excluding carboxylic acids is 1. The summed E-state index contributed by atoms with van der Waals surface area (Å²) in [7, 11) is -3.59. The number of sulfonamides is 1. The summed E-state index contributed by atoms with van der Waals surface area (Å²) in [4.78, 5) is 12.6. The highest BCUT2D eigenvalue weighted by atomic mass is 32.2. The van der Waals surface area contributed by atoms with Crippen LogP contribution in [0.5, 0.6) is 5.75 Å². The van der Waals surface area contributed by atoms with Crippen LogP contribution in [0, 0.1) is 6.92 Å². The van der Waals surface area contributed by atoms with Crippen molar-refractivity contribution in [2.75, 3.05) is 23.7 Å². The second kappa shape index (κ2) is 7.37. The van der Waals surface area contributed by atoms with E-state index in [2.05, 4.69) is 5.32 Å². The molecule has 3 rings (SSSR count). The monoisotopic (exact) mass is 374 g/mol. The van der Waals surface area contributed by atoms with E-state index in [1.807, 2.05) is 43.3 Å². The van der Waals surface area contributed by atoms with Crippen molar-refractivity contribution < 1.29 is 17.9 Å². The zero-order chi connectivity index (χ0) is 18.7. The van der Waals surface area contributed by atoms with Crippen LogP contribution < -0.4 is 14.4 Å². The van der Waals surface area contributed by atoms with Gasteiger partial charge < -0.3 is 10.1 Å². The molecule has 0 aliphatic carbocycles. The second-order valence-corrected chi connectivity index (χ2v) is 8.26. The molecule has 0 radical (unpaired) electrons. The number of para-hydroxylation sites is 2. The molecule has 1 N–H and O–H groups in total. The topological polar surface area (TPSA) is 75.7 Å².